The fourth-order valence-corrected chi connectivity index (χ4v) is 3.51. The lowest BCUT2D eigenvalue weighted by Crippen LogP contribution is -2.47. The second kappa shape index (κ2) is 7.86. The molecular weight excluding hydrogens is 333 g/mol. The molecular formula is C19H24FN5O. The number of ether oxygens (including phenoxy) is 1. The Bertz CT molecular complexity index is 729. The molecule has 1 aromatic heterocycles. The first kappa shape index (κ1) is 17.0. The summed E-state index contributed by atoms with van der Waals surface area (Å²) in [6.07, 6.45) is 4.25. The molecule has 7 heteroatoms. The third-order valence-corrected chi connectivity index (χ3v) is 4.95. The van der Waals surface area contributed by atoms with Crippen LogP contribution in [-0.2, 0) is 4.74 Å². The quantitative estimate of drug-likeness (QED) is 0.888. The highest BCUT2D eigenvalue weighted by atomic mass is 19.1. The smallest absolute Gasteiger partial charge is 0.224 e. The van der Waals surface area contributed by atoms with Crippen LogP contribution in [0.15, 0.2) is 36.5 Å². The fourth-order valence-electron chi connectivity index (χ4n) is 3.51. The van der Waals surface area contributed by atoms with Crippen molar-refractivity contribution in [2.24, 2.45) is 0 Å². The molecule has 2 aliphatic rings. The van der Waals surface area contributed by atoms with Crippen LogP contribution in [0, 0.1) is 5.82 Å². The zero-order valence-electron chi connectivity index (χ0n) is 14.8. The molecule has 0 saturated carbocycles. The van der Waals surface area contributed by atoms with E-state index in [0.717, 1.165) is 58.0 Å². The topological polar surface area (TPSA) is 53.5 Å². The Kier molecular flexibility index (Phi) is 5.15. The standard InChI is InChI=1S/C19H24FN5O/c20-16-5-1-2-6-17(16)24-9-11-25(12-10-24)18-7-8-21-19(23-18)22-14-15-4-3-13-26-15/h1-2,5-8,15H,3-4,9-14H2,(H,21,22,23). The lowest BCUT2D eigenvalue weighted by Gasteiger charge is -2.36. The summed E-state index contributed by atoms with van der Waals surface area (Å²) in [6, 6.07) is 8.87. The molecule has 1 atom stereocenters. The molecule has 138 valence electrons. The molecule has 0 bridgehead atoms. The predicted octanol–water partition coefficient (Wildman–Crippen LogP) is 2.53. The monoisotopic (exact) mass is 357 g/mol. The average Bonchev–Trinajstić information content (AvgIpc) is 3.21. The van der Waals surface area contributed by atoms with Crippen molar-refractivity contribution in [1.82, 2.24) is 9.97 Å². The summed E-state index contributed by atoms with van der Waals surface area (Å²) in [5, 5.41) is 3.27. The highest BCUT2D eigenvalue weighted by molar-refractivity contribution is 5.51. The number of benzene rings is 1. The lowest BCUT2D eigenvalue weighted by atomic mass is 10.2. The van der Waals surface area contributed by atoms with Crippen molar-refractivity contribution in [3.63, 3.8) is 0 Å². The summed E-state index contributed by atoms with van der Waals surface area (Å²) in [7, 11) is 0. The predicted molar refractivity (Wildman–Crippen MR) is 100 cm³/mol. The lowest BCUT2D eigenvalue weighted by molar-refractivity contribution is 0.120. The zero-order chi connectivity index (χ0) is 17.8. The average molecular weight is 357 g/mol. The first-order valence-corrected chi connectivity index (χ1v) is 9.22. The van der Waals surface area contributed by atoms with E-state index in [9.17, 15) is 4.39 Å². The Morgan fingerprint density at radius 2 is 1.92 bits per heavy atom. The summed E-state index contributed by atoms with van der Waals surface area (Å²) in [5.41, 5.74) is 0.675. The molecule has 26 heavy (non-hydrogen) atoms. The van der Waals surface area contributed by atoms with Crippen LogP contribution < -0.4 is 15.1 Å². The third-order valence-electron chi connectivity index (χ3n) is 4.95. The number of piperazine rings is 1. The van der Waals surface area contributed by atoms with Crippen LogP contribution >= 0.6 is 0 Å². The molecule has 1 N–H and O–H groups in total. The van der Waals surface area contributed by atoms with E-state index in [2.05, 4.69) is 25.1 Å². The van der Waals surface area contributed by atoms with Crippen molar-refractivity contribution in [3.8, 4) is 0 Å². The van der Waals surface area contributed by atoms with E-state index in [1.807, 2.05) is 18.2 Å². The summed E-state index contributed by atoms with van der Waals surface area (Å²) in [6.45, 7) is 4.73. The summed E-state index contributed by atoms with van der Waals surface area (Å²) >= 11 is 0. The Balaban J connectivity index is 1.35. The normalized spacial score (nSPS) is 20.4. The van der Waals surface area contributed by atoms with Gasteiger partial charge in [0.15, 0.2) is 0 Å². The Labute approximate surface area is 153 Å². The number of aromatic nitrogens is 2. The Morgan fingerprint density at radius 3 is 2.69 bits per heavy atom. The molecule has 2 aromatic rings. The van der Waals surface area contributed by atoms with Crippen LogP contribution in [-0.4, -0.2) is 55.4 Å². The van der Waals surface area contributed by atoms with Crippen molar-refractivity contribution in [1.29, 1.82) is 0 Å². The maximum Gasteiger partial charge on any atom is 0.224 e. The van der Waals surface area contributed by atoms with Crippen LogP contribution in [0.5, 0.6) is 0 Å². The van der Waals surface area contributed by atoms with Crippen LogP contribution in [0.1, 0.15) is 12.8 Å². The van der Waals surface area contributed by atoms with Crippen molar-refractivity contribution in [3.05, 3.63) is 42.3 Å². The number of hydrogen-bond donors (Lipinski definition) is 1. The number of para-hydroxylation sites is 1. The van der Waals surface area contributed by atoms with Gasteiger partial charge in [-0.15, -0.1) is 0 Å². The van der Waals surface area contributed by atoms with Gasteiger partial charge in [0, 0.05) is 45.5 Å². The van der Waals surface area contributed by atoms with Gasteiger partial charge in [0.2, 0.25) is 5.95 Å². The number of halogens is 1. The third kappa shape index (κ3) is 3.88. The van der Waals surface area contributed by atoms with Gasteiger partial charge in [-0.3, -0.25) is 0 Å². The van der Waals surface area contributed by atoms with Gasteiger partial charge in [-0.05, 0) is 31.0 Å². The van der Waals surface area contributed by atoms with Gasteiger partial charge in [0.05, 0.1) is 11.8 Å². The number of nitrogens with one attached hydrogen (secondary N) is 1. The largest absolute Gasteiger partial charge is 0.376 e. The number of rotatable bonds is 5. The maximum absolute atomic E-state index is 14.0. The van der Waals surface area contributed by atoms with Crippen LogP contribution in [0.4, 0.5) is 21.8 Å². The molecule has 2 fully saturated rings. The van der Waals surface area contributed by atoms with Crippen molar-refractivity contribution in [2.75, 3.05) is 54.4 Å². The van der Waals surface area contributed by atoms with Crippen LogP contribution in [0.25, 0.3) is 0 Å². The van der Waals surface area contributed by atoms with E-state index in [-0.39, 0.29) is 11.9 Å². The summed E-state index contributed by atoms with van der Waals surface area (Å²) in [5.74, 6) is 1.38. The Morgan fingerprint density at radius 1 is 1.12 bits per heavy atom. The van der Waals surface area contributed by atoms with Gasteiger partial charge in [-0.1, -0.05) is 12.1 Å². The summed E-state index contributed by atoms with van der Waals surface area (Å²) in [4.78, 5) is 13.2. The molecule has 3 heterocycles. The fraction of sp³-hybridized carbons (Fsp3) is 0.474. The first-order valence-electron chi connectivity index (χ1n) is 9.22. The molecule has 0 amide bonds. The minimum Gasteiger partial charge on any atom is -0.376 e. The van der Waals surface area contributed by atoms with Gasteiger partial charge in [0.25, 0.3) is 0 Å². The number of anilines is 3. The van der Waals surface area contributed by atoms with E-state index in [4.69, 9.17) is 4.74 Å². The molecule has 1 aromatic carbocycles. The molecule has 2 saturated heterocycles. The van der Waals surface area contributed by atoms with Gasteiger partial charge in [0.1, 0.15) is 11.6 Å². The maximum atomic E-state index is 14.0. The first-order chi connectivity index (χ1) is 12.8. The molecule has 0 aliphatic carbocycles. The molecule has 6 nitrogen and oxygen atoms in total. The van der Waals surface area contributed by atoms with Crippen LogP contribution in [0.2, 0.25) is 0 Å². The van der Waals surface area contributed by atoms with E-state index < -0.39 is 0 Å². The Hall–Kier alpha value is -2.41. The van der Waals surface area contributed by atoms with Gasteiger partial charge < -0.3 is 19.9 Å². The van der Waals surface area contributed by atoms with Gasteiger partial charge in [-0.2, -0.15) is 4.98 Å². The van der Waals surface area contributed by atoms with Crippen molar-refractivity contribution < 1.29 is 9.13 Å². The van der Waals surface area contributed by atoms with E-state index in [1.165, 1.54) is 6.07 Å². The molecule has 1 unspecified atom stereocenters. The second-order valence-electron chi connectivity index (χ2n) is 6.68. The van der Waals surface area contributed by atoms with Gasteiger partial charge >= 0.3 is 0 Å². The van der Waals surface area contributed by atoms with Crippen molar-refractivity contribution in [2.45, 2.75) is 18.9 Å². The zero-order valence-corrected chi connectivity index (χ0v) is 14.8. The second-order valence-corrected chi connectivity index (χ2v) is 6.68. The SMILES string of the molecule is Fc1ccccc1N1CCN(c2ccnc(NCC3CCCO3)n2)CC1. The van der Waals surface area contributed by atoms with Crippen molar-refractivity contribution >= 4 is 17.5 Å². The highest BCUT2D eigenvalue weighted by Gasteiger charge is 2.21. The highest BCUT2D eigenvalue weighted by Crippen LogP contribution is 2.22. The molecule has 4 rings (SSSR count). The minimum atomic E-state index is -0.163. The van der Waals surface area contributed by atoms with Gasteiger partial charge in [-0.25, -0.2) is 9.37 Å². The number of hydrogen-bond acceptors (Lipinski definition) is 6. The van der Waals surface area contributed by atoms with E-state index >= 15 is 0 Å². The number of nitrogens with zero attached hydrogens (tertiary/aromatic N) is 4. The summed E-state index contributed by atoms with van der Waals surface area (Å²) < 4.78 is 19.6. The van der Waals surface area contributed by atoms with E-state index in [1.54, 1.807) is 12.3 Å². The van der Waals surface area contributed by atoms with E-state index in [0.29, 0.717) is 11.6 Å². The molecule has 2 aliphatic heterocycles. The molecule has 0 radical (unpaired) electrons. The minimum absolute atomic E-state index is 0.163. The van der Waals surface area contributed by atoms with Crippen LogP contribution in [0.3, 0.4) is 0 Å². The molecule has 0 spiro atoms.